The molecule has 0 N–H and O–H groups in total. The molecule has 0 radical (unpaired) electrons. The van der Waals surface area contributed by atoms with Crippen molar-refractivity contribution >= 4 is 5.91 Å². The fraction of sp³-hybridized carbons (Fsp3) is 0.778. The number of rotatable bonds is 4. The second kappa shape index (κ2) is 7.23. The molecule has 1 amide bonds. The van der Waals surface area contributed by atoms with Crippen molar-refractivity contribution in [2.75, 3.05) is 39.4 Å². The molecule has 2 fully saturated rings. The predicted octanol–water partition coefficient (Wildman–Crippen LogP) is 1.82. The quantitative estimate of drug-likeness (QED) is 0.843. The number of hydrogen-bond acceptors (Lipinski definition) is 4. The monoisotopic (exact) mass is 334 g/mol. The molecule has 3 heterocycles. The van der Waals surface area contributed by atoms with E-state index in [9.17, 15) is 4.79 Å². The first-order valence-corrected chi connectivity index (χ1v) is 9.20. The van der Waals surface area contributed by atoms with Crippen LogP contribution in [0.1, 0.15) is 49.8 Å². The highest BCUT2D eigenvalue weighted by molar-refractivity contribution is 5.93. The van der Waals surface area contributed by atoms with Crippen molar-refractivity contribution in [3.63, 3.8) is 0 Å². The molecule has 0 aromatic carbocycles. The maximum atomic E-state index is 13.1. The summed E-state index contributed by atoms with van der Waals surface area (Å²) < 4.78 is 7.31. The highest BCUT2D eigenvalue weighted by atomic mass is 16.5. The second-order valence-corrected chi connectivity index (χ2v) is 7.33. The van der Waals surface area contributed by atoms with Gasteiger partial charge in [-0.2, -0.15) is 5.10 Å². The van der Waals surface area contributed by atoms with Crippen molar-refractivity contribution < 1.29 is 9.53 Å². The van der Waals surface area contributed by atoms with Crippen LogP contribution in [0.3, 0.4) is 0 Å². The zero-order chi connectivity index (χ0) is 17.3. The Kier molecular flexibility index (Phi) is 5.25. The first-order valence-electron chi connectivity index (χ1n) is 9.20. The summed E-state index contributed by atoms with van der Waals surface area (Å²) in [6.07, 6.45) is 0. The van der Waals surface area contributed by atoms with Crippen molar-refractivity contribution in [2.24, 2.45) is 5.92 Å². The molecule has 0 unspecified atom stereocenters. The fourth-order valence-corrected chi connectivity index (χ4v) is 3.79. The van der Waals surface area contributed by atoms with Gasteiger partial charge in [0.05, 0.1) is 18.9 Å². The maximum absolute atomic E-state index is 13.1. The van der Waals surface area contributed by atoms with E-state index in [0.717, 1.165) is 57.3 Å². The molecule has 0 aliphatic carbocycles. The largest absolute Gasteiger partial charge is 0.379 e. The summed E-state index contributed by atoms with van der Waals surface area (Å²) >= 11 is 0. The zero-order valence-electron chi connectivity index (χ0n) is 15.4. The molecule has 2 atom stereocenters. The highest BCUT2D eigenvalue weighted by Crippen LogP contribution is 2.25. The van der Waals surface area contributed by atoms with E-state index < -0.39 is 0 Å². The standard InChI is InChI=1S/C18H30N4O2/c1-5-22-16(10-15(19-22)13(2)3)18(23)21-11-14(4)17(12-21)20-6-8-24-9-7-20/h10,13-14,17H,5-9,11-12H2,1-4H3/t14-,17+/m1/s1. The topological polar surface area (TPSA) is 50.6 Å². The normalized spacial score (nSPS) is 25.6. The summed E-state index contributed by atoms with van der Waals surface area (Å²) in [5, 5.41) is 4.59. The van der Waals surface area contributed by atoms with Crippen LogP contribution in [0.2, 0.25) is 0 Å². The smallest absolute Gasteiger partial charge is 0.272 e. The van der Waals surface area contributed by atoms with E-state index in [-0.39, 0.29) is 5.91 Å². The van der Waals surface area contributed by atoms with Gasteiger partial charge < -0.3 is 9.64 Å². The minimum Gasteiger partial charge on any atom is -0.379 e. The molecule has 0 saturated carbocycles. The van der Waals surface area contributed by atoms with Gasteiger partial charge in [0.25, 0.3) is 5.91 Å². The Labute approximate surface area is 144 Å². The lowest BCUT2D eigenvalue weighted by Gasteiger charge is -2.33. The molecule has 24 heavy (non-hydrogen) atoms. The lowest BCUT2D eigenvalue weighted by atomic mass is 10.0. The molecule has 0 spiro atoms. The Hall–Kier alpha value is -1.40. The van der Waals surface area contributed by atoms with Crippen LogP contribution in [0.25, 0.3) is 0 Å². The number of morpholine rings is 1. The van der Waals surface area contributed by atoms with E-state index in [2.05, 4.69) is 30.8 Å². The summed E-state index contributed by atoms with van der Waals surface area (Å²) in [7, 11) is 0. The molecule has 2 aliphatic rings. The van der Waals surface area contributed by atoms with Gasteiger partial charge in [-0.05, 0) is 24.8 Å². The summed E-state index contributed by atoms with van der Waals surface area (Å²) in [5.74, 6) is 0.955. The van der Waals surface area contributed by atoms with E-state index in [1.165, 1.54) is 0 Å². The predicted molar refractivity (Wildman–Crippen MR) is 93.2 cm³/mol. The number of nitrogens with zero attached hydrogens (tertiary/aromatic N) is 4. The van der Waals surface area contributed by atoms with Crippen LogP contribution in [-0.4, -0.2) is 70.9 Å². The van der Waals surface area contributed by atoms with E-state index in [1.54, 1.807) is 0 Å². The van der Waals surface area contributed by atoms with Crippen molar-refractivity contribution in [2.45, 2.75) is 46.2 Å². The van der Waals surface area contributed by atoms with Gasteiger partial charge in [-0.1, -0.05) is 20.8 Å². The molecule has 6 nitrogen and oxygen atoms in total. The maximum Gasteiger partial charge on any atom is 0.272 e. The van der Waals surface area contributed by atoms with Gasteiger partial charge in [0.1, 0.15) is 5.69 Å². The van der Waals surface area contributed by atoms with Gasteiger partial charge in [0.2, 0.25) is 0 Å². The third kappa shape index (κ3) is 3.35. The van der Waals surface area contributed by atoms with E-state index >= 15 is 0 Å². The Morgan fingerprint density at radius 1 is 1.33 bits per heavy atom. The van der Waals surface area contributed by atoms with Crippen LogP contribution in [0.4, 0.5) is 0 Å². The first-order chi connectivity index (χ1) is 11.5. The molecule has 134 valence electrons. The van der Waals surface area contributed by atoms with Crippen molar-refractivity contribution in [1.82, 2.24) is 19.6 Å². The Bertz CT molecular complexity index is 578. The van der Waals surface area contributed by atoms with Gasteiger partial charge in [-0.25, -0.2) is 0 Å². The molecule has 3 rings (SSSR count). The number of ether oxygens (including phenoxy) is 1. The molecular weight excluding hydrogens is 304 g/mol. The molecule has 0 bridgehead atoms. The van der Waals surface area contributed by atoms with E-state index in [4.69, 9.17) is 4.74 Å². The van der Waals surface area contributed by atoms with Crippen LogP contribution >= 0.6 is 0 Å². The van der Waals surface area contributed by atoms with Crippen LogP contribution in [0, 0.1) is 5.92 Å². The van der Waals surface area contributed by atoms with Gasteiger partial charge in [-0.3, -0.25) is 14.4 Å². The zero-order valence-corrected chi connectivity index (χ0v) is 15.4. The van der Waals surface area contributed by atoms with Crippen LogP contribution in [0.5, 0.6) is 0 Å². The van der Waals surface area contributed by atoms with Gasteiger partial charge >= 0.3 is 0 Å². The summed E-state index contributed by atoms with van der Waals surface area (Å²) in [6.45, 7) is 14.4. The Balaban J connectivity index is 1.74. The SMILES string of the molecule is CCn1nc(C(C)C)cc1C(=O)N1C[C@@H](C)[C@@H](N2CCOCC2)C1. The minimum absolute atomic E-state index is 0.124. The number of hydrogen-bond donors (Lipinski definition) is 0. The first kappa shape index (κ1) is 17.4. The lowest BCUT2D eigenvalue weighted by Crippen LogP contribution is -2.47. The highest BCUT2D eigenvalue weighted by Gasteiger charge is 2.37. The summed E-state index contributed by atoms with van der Waals surface area (Å²) in [6, 6.07) is 2.42. The van der Waals surface area contributed by atoms with Crippen molar-refractivity contribution in [1.29, 1.82) is 0 Å². The Morgan fingerprint density at radius 3 is 2.67 bits per heavy atom. The van der Waals surface area contributed by atoms with Crippen LogP contribution in [0.15, 0.2) is 6.07 Å². The number of aromatic nitrogens is 2. The molecular formula is C18H30N4O2. The number of aryl methyl sites for hydroxylation is 1. The minimum atomic E-state index is 0.124. The average molecular weight is 334 g/mol. The summed E-state index contributed by atoms with van der Waals surface area (Å²) in [5.41, 5.74) is 1.73. The number of carbonyl (C=O) groups is 1. The van der Waals surface area contributed by atoms with Crippen LogP contribution in [-0.2, 0) is 11.3 Å². The number of amides is 1. The molecule has 1 aromatic heterocycles. The molecule has 2 aliphatic heterocycles. The van der Waals surface area contributed by atoms with Crippen LogP contribution < -0.4 is 0 Å². The number of likely N-dealkylation sites (tertiary alicyclic amines) is 1. The van der Waals surface area contributed by atoms with Gasteiger partial charge in [0.15, 0.2) is 0 Å². The molecule has 6 heteroatoms. The van der Waals surface area contributed by atoms with E-state index in [0.29, 0.717) is 17.9 Å². The van der Waals surface area contributed by atoms with Crippen molar-refractivity contribution in [3.8, 4) is 0 Å². The third-order valence-electron chi connectivity index (χ3n) is 5.28. The van der Waals surface area contributed by atoms with Gasteiger partial charge in [-0.15, -0.1) is 0 Å². The lowest BCUT2D eigenvalue weighted by molar-refractivity contribution is 0.0119. The Morgan fingerprint density at radius 2 is 2.04 bits per heavy atom. The average Bonchev–Trinajstić information content (AvgIpc) is 3.18. The molecule has 2 saturated heterocycles. The van der Waals surface area contributed by atoms with Gasteiger partial charge in [0, 0.05) is 38.8 Å². The second-order valence-electron chi connectivity index (χ2n) is 7.33. The van der Waals surface area contributed by atoms with Crippen molar-refractivity contribution in [3.05, 3.63) is 17.5 Å². The third-order valence-corrected chi connectivity index (χ3v) is 5.28. The summed E-state index contributed by atoms with van der Waals surface area (Å²) in [4.78, 5) is 17.6. The fourth-order valence-electron chi connectivity index (χ4n) is 3.79. The number of carbonyl (C=O) groups excluding carboxylic acids is 1. The van der Waals surface area contributed by atoms with E-state index in [1.807, 2.05) is 22.6 Å². The molecule has 1 aromatic rings.